The summed E-state index contributed by atoms with van der Waals surface area (Å²) in [7, 11) is -9.95. The van der Waals surface area contributed by atoms with Crippen LogP contribution in [0.25, 0.3) is 0 Å². The van der Waals surface area contributed by atoms with Crippen LogP contribution < -0.4 is 0 Å². The monoisotopic (exact) mass is 242 g/mol. The van der Waals surface area contributed by atoms with Crippen molar-refractivity contribution >= 4 is 74.8 Å². The zero-order chi connectivity index (χ0) is 8.41. The van der Waals surface area contributed by atoms with E-state index >= 15 is 0 Å². The molecule has 0 rings (SSSR count). The third kappa shape index (κ3) is 18.1. The Hall–Kier alpha value is 2.22. The molecule has 8 nitrogen and oxygen atoms in total. The first kappa shape index (κ1) is 19.7. The summed E-state index contributed by atoms with van der Waals surface area (Å²) >= 11 is 0. The molecule has 0 saturated carbocycles. The van der Waals surface area contributed by atoms with Gasteiger partial charge in [-0.3, -0.25) is 0 Å². The molecule has 0 aromatic heterocycles. The van der Waals surface area contributed by atoms with E-state index in [0.717, 1.165) is 0 Å². The number of hydrogen-bond donors (Lipinski definition) is 4. The maximum absolute atomic E-state index is 9.68. The molecule has 0 aromatic carbocycles. The minimum absolute atomic E-state index is 0. The first-order valence-corrected chi connectivity index (χ1v) is 4.76. The van der Waals surface area contributed by atoms with E-state index < -0.39 is 15.6 Å². The van der Waals surface area contributed by atoms with Crippen molar-refractivity contribution in [2.45, 2.75) is 0 Å². The van der Waals surface area contributed by atoms with Crippen molar-refractivity contribution in [3.05, 3.63) is 0 Å². The molecule has 0 unspecified atom stereocenters. The predicted molar refractivity (Wildman–Crippen MR) is 40.6 cm³/mol. The van der Waals surface area contributed by atoms with E-state index in [9.17, 15) is 9.13 Å². The van der Waals surface area contributed by atoms with Gasteiger partial charge in [0.1, 0.15) is 0 Å². The quantitative estimate of drug-likeness (QED) is 0.190. The van der Waals surface area contributed by atoms with Gasteiger partial charge in [0.05, 0.1) is 0 Å². The van der Waals surface area contributed by atoms with E-state index in [1.807, 2.05) is 0 Å². The summed E-state index contributed by atoms with van der Waals surface area (Å²) in [4.78, 5) is 31.2. The molecule has 0 saturated heterocycles. The van der Waals surface area contributed by atoms with Crippen molar-refractivity contribution in [2.24, 2.45) is 0 Å². The van der Waals surface area contributed by atoms with Crippen molar-refractivity contribution in [1.29, 1.82) is 0 Å². The van der Waals surface area contributed by atoms with Gasteiger partial charge in [-0.1, -0.05) is 0 Å². The van der Waals surface area contributed by atoms with Crippen LogP contribution in [-0.2, 0) is 18.5 Å². The second kappa shape index (κ2) is 7.50. The number of rotatable bonds is 3. The average Bonchev–Trinajstić information content (AvgIpc) is 1.57. The Kier molecular flexibility index (Phi) is 12.3. The molecule has 12 heavy (non-hydrogen) atoms. The molecule has 0 atom stereocenters. The van der Waals surface area contributed by atoms with E-state index in [4.69, 9.17) is 19.6 Å². The van der Waals surface area contributed by atoms with Gasteiger partial charge in [0.2, 0.25) is 0 Å². The molecule has 0 bridgehead atoms. The SMILES string of the molecule is O=P(O)(O)OOP(=O)(O)O.[NaH].[NaH]. The van der Waals surface area contributed by atoms with Gasteiger partial charge in [-0.05, 0) is 0 Å². The van der Waals surface area contributed by atoms with E-state index in [1.54, 1.807) is 0 Å². The molecule has 0 aliphatic rings. The van der Waals surface area contributed by atoms with Crippen LogP contribution in [0.4, 0.5) is 0 Å². The van der Waals surface area contributed by atoms with Crippen molar-refractivity contribution in [3.63, 3.8) is 0 Å². The standard InChI is InChI=1S/2Na.H4O8P2.2H/c;;1-9(2,3)7-8-10(4,5)6;;/h;;(H2,1,2,3)(H2,4,5,6);;. The Labute approximate surface area is 112 Å². The topological polar surface area (TPSA) is 134 Å². The molecule has 0 spiro atoms. The molecule has 66 valence electrons. The minimum atomic E-state index is -4.98. The molecule has 0 aliphatic carbocycles. The van der Waals surface area contributed by atoms with Crippen LogP contribution in [0.2, 0.25) is 0 Å². The van der Waals surface area contributed by atoms with Crippen LogP contribution in [-0.4, -0.2) is 78.7 Å². The van der Waals surface area contributed by atoms with Crippen LogP contribution >= 0.6 is 15.6 Å². The van der Waals surface area contributed by atoms with Gasteiger partial charge in [0.15, 0.2) is 0 Å². The van der Waals surface area contributed by atoms with Crippen molar-refractivity contribution in [2.75, 3.05) is 0 Å². The van der Waals surface area contributed by atoms with Gasteiger partial charge in [-0.15, -0.1) is 9.35 Å². The van der Waals surface area contributed by atoms with Gasteiger partial charge in [0.25, 0.3) is 0 Å². The fourth-order valence-corrected chi connectivity index (χ4v) is 0.782. The maximum atomic E-state index is 9.68. The molecular weight excluding hydrogens is 236 g/mol. The summed E-state index contributed by atoms with van der Waals surface area (Å²) in [5.74, 6) is 0. The second-order valence-electron chi connectivity index (χ2n) is 1.13. The first-order valence-electron chi connectivity index (χ1n) is 1.70. The van der Waals surface area contributed by atoms with Crippen LogP contribution in [0.1, 0.15) is 0 Å². The third-order valence-electron chi connectivity index (χ3n) is 0.228. The van der Waals surface area contributed by atoms with Crippen molar-refractivity contribution < 1.29 is 38.1 Å². The fraction of sp³-hybridized carbons (Fsp3) is 0. The van der Waals surface area contributed by atoms with Crippen LogP contribution in [0, 0.1) is 0 Å². The van der Waals surface area contributed by atoms with Gasteiger partial charge >= 0.3 is 74.8 Å². The number of phosphoric acid groups is 2. The van der Waals surface area contributed by atoms with E-state index in [-0.39, 0.29) is 59.1 Å². The van der Waals surface area contributed by atoms with Crippen LogP contribution in [0.15, 0.2) is 0 Å². The Bertz CT molecular complexity index is 165. The second-order valence-corrected chi connectivity index (χ2v) is 3.39. The van der Waals surface area contributed by atoms with E-state index in [0.29, 0.717) is 0 Å². The van der Waals surface area contributed by atoms with Crippen molar-refractivity contribution in [1.82, 2.24) is 0 Å². The summed E-state index contributed by atoms with van der Waals surface area (Å²) in [6, 6.07) is 0. The summed E-state index contributed by atoms with van der Waals surface area (Å²) in [5.41, 5.74) is 0. The molecule has 0 aromatic rings. The molecule has 12 heteroatoms. The third-order valence-corrected chi connectivity index (χ3v) is 0.883. The Morgan fingerprint density at radius 1 is 0.750 bits per heavy atom. The van der Waals surface area contributed by atoms with E-state index in [1.165, 1.54) is 0 Å². The van der Waals surface area contributed by atoms with Gasteiger partial charge in [-0.25, -0.2) is 9.13 Å². The summed E-state index contributed by atoms with van der Waals surface area (Å²) in [6.45, 7) is 0. The van der Waals surface area contributed by atoms with E-state index in [2.05, 4.69) is 9.35 Å². The average molecular weight is 242 g/mol. The molecule has 0 radical (unpaired) electrons. The molecule has 0 heterocycles. The Morgan fingerprint density at radius 3 is 1.00 bits per heavy atom. The van der Waals surface area contributed by atoms with Crippen LogP contribution in [0.5, 0.6) is 0 Å². The van der Waals surface area contributed by atoms with Crippen LogP contribution in [0.3, 0.4) is 0 Å². The Morgan fingerprint density at radius 2 is 0.917 bits per heavy atom. The summed E-state index contributed by atoms with van der Waals surface area (Å²) < 4.78 is 25.4. The van der Waals surface area contributed by atoms with Gasteiger partial charge in [0, 0.05) is 0 Å². The van der Waals surface area contributed by atoms with Gasteiger partial charge in [-0.2, -0.15) is 0 Å². The normalized spacial score (nSPS) is 11.3. The fourth-order valence-electron chi connectivity index (χ4n) is 0.0868. The zero-order valence-corrected chi connectivity index (χ0v) is 6.11. The van der Waals surface area contributed by atoms with Crippen molar-refractivity contribution in [3.8, 4) is 0 Å². The van der Waals surface area contributed by atoms with Gasteiger partial charge < -0.3 is 19.6 Å². The molecule has 0 fully saturated rings. The summed E-state index contributed by atoms with van der Waals surface area (Å²) in [5, 5.41) is 0. The zero-order valence-electron chi connectivity index (χ0n) is 4.32. The Balaban J connectivity index is -0.000000405. The first-order chi connectivity index (χ1) is 4.21. The predicted octanol–water partition coefficient (Wildman–Crippen LogP) is -2.18. The molecule has 0 amide bonds. The molecule has 0 aliphatic heterocycles. The molecular formula is H6Na2O8P2. The summed E-state index contributed by atoms with van der Waals surface area (Å²) in [6.07, 6.45) is 0. The molecule has 4 N–H and O–H groups in total. The number of hydrogen-bond acceptors (Lipinski definition) is 4.